The van der Waals surface area contributed by atoms with E-state index in [2.05, 4.69) is 0 Å². The summed E-state index contributed by atoms with van der Waals surface area (Å²) >= 11 is 0. The van der Waals surface area contributed by atoms with Gasteiger partial charge in [-0.2, -0.15) is 0 Å². The predicted octanol–water partition coefficient (Wildman–Crippen LogP) is 2.31. The van der Waals surface area contributed by atoms with Gasteiger partial charge in [-0.15, -0.1) is 0 Å². The molecule has 0 aliphatic heterocycles. The molecule has 2 aromatic rings. The Morgan fingerprint density at radius 3 is 2.23 bits per heavy atom. The molecule has 2 amide bonds. The van der Waals surface area contributed by atoms with Crippen LogP contribution in [-0.4, -0.2) is 41.6 Å². The lowest BCUT2D eigenvalue weighted by molar-refractivity contribution is -0.828. The Morgan fingerprint density at radius 1 is 1.04 bits per heavy atom. The molecule has 0 aliphatic rings. The van der Waals surface area contributed by atoms with Gasteiger partial charge < -0.3 is 4.74 Å². The maximum Gasteiger partial charge on any atom is 0.318 e. The summed E-state index contributed by atoms with van der Waals surface area (Å²) in [7, 11) is 3.30. The van der Waals surface area contributed by atoms with E-state index in [9.17, 15) is 9.59 Å². The first kappa shape index (κ1) is 19.6. The van der Waals surface area contributed by atoms with Gasteiger partial charge in [-0.25, -0.2) is 10.3 Å². The topological polar surface area (TPSA) is 75.6 Å². The van der Waals surface area contributed by atoms with E-state index in [-0.39, 0.29) is 16.8 Å². The summed E-state index contributed by atoms with van der Waals surface area (Å²) < 4.78 is 5.58. The number of nitrogens with one attached hydrogen (secondary N) is 1. The van der Waals surface area contributed by atoms with Gasteiger partial charge in [0.1, 0.15) is 12.4 Å². The van der Waals surface area contributed by atoms with Crippen LogP contribution in [0.1, 0.15) is 18.1 Å². The number of ether oxygens (including phenoxy) is 1. The summed E-state index contributed by atoms with van der Waals surface area (Å²) in [6.07, 6.45) is 0.189. The maximum absolute atomic E-state index is 12.6. The zero-order valence-corrected chi connectivity index (χ0v) is 15.3. The Balaban J connectivity index is 1.95. The maximum atomic E-state index is 12.6. The first-order valence-electron chi connectivity index (χ1n) is 8.41. The van der Waals surface area contributed by atoms with Crippen LogP contribution < -0.4 is 10.2 Å². The fourth-order valence-corrected chi connectivity index (χ4v) is 2.43. The number of carbonyl (C=O) groups excluding carboxylic acids is 2. The third-order valence-corrected chi connectivity index (χ3v) is 4.63. The molecule has 2 aromatic carbocycles. The minimum atomic E-state index is -0.694. The van der Waals surface area contributed by atoms with Crippen molar-refractivity contribution in [2.75, 3.05) is 14.1 Å². The van der Waals surface area contributed by atoms with Gasteiger partial charge in [0.25, 0.3) is 0 Å². The van der Waals surface area contributed by atoms with E-state index < -0.39 is 11.9 Å². The van der Waals surface area contributed by atoms with Crippen molar-refractivity contribution in [3.63, 3.8) is 0 Å². The van der Waals surface area contributed by atoms with Gasteiger partial charge in [0.05, 0.1) is 20.5 Å². The van der Waals surface area contributed by atoms with E-state index in [4.69, 9.17) is 9.94 Å². The molecule has 0 aromatic heterocycles. The second-order valence-corrected chi connectivity index (χ2v) is 6.68. The van der Waals surface area contributed by atoms with Crippen molar-refractivity contribution < 1.29 is 24.0 Å². The SMILES string of the molecule is C[C@H](C(=O)NO)[N+](C)(C)C(=O)Cc1ccc(OCc2ccccc2)cc1. The average molecular weight is 357 g/mol. The normalized spacial score (nSPS) is 12.3. The van der Waals surface area contributed by atoms with E-state index >= 15 is 0 Å². The molecule has 0 aliphatic carbocycles. The predicted molar refractivity (Wildman–Crippen MR) is 97.4 cm³/mol. The van der Waals surface area contributed by atoms with E-state index in [1.54, 1.807) is 26.5 Å². The second-order valence-electron chi connectivity index (χ2n) is 6.68. The van der Waals surface area contributed by atoms with E-state index in [1.165, 1.54) is 0 Å². The van der Waals surface area contributed by atoms with Crippen LogP contribution in [0.25, 0.3) is 0 Å². The zero-order chi connectivity index (χ0) is 19.2. The molecule has 0 saturated carbocycles. The molecule has 1 atom stereocenters. The average Bonchev–Trinajstić information content (AvgIpc) is 2.66. The molecule has 138 valence electrons. The van der Waals surface area contributed by atoms with Crippen molar-refractivity contribution in [3.8, 4) is 5.75 Å². The highest BCUT2D eigenvalue weighted by Crippen LogP contribution is 2.17. The highest BCUT2D eigenvalue weighted by molar-refractivity contribution is 5.82. The summed E-state index contributed by atoms with van der Waals surface area (Å²) in [5.74, 6) is 0.0129. The molecular weight excluding hydrogens is 332 g/mol. The number of hydroxylamine groups is 1. The Morgan fingerprint density at radius 2 is 1.65 bits per heavy atom. The summed E-state index contributed by atoms with van der Waals surface area (Å²) in [5, 5.41) is 8.77. The molecule has 0 radical (unpaired) electrons. The van der Waals surface area contributed by atoms with Crippen LogP contribution in [0.5, 0.6) is 5.75 Å². The lowest BCUT2D eigenvalue weighted by Gasteiger charge is -2.31. The van der Waals surface area contributed by atoms with Crippen LogP contribution >= 0.6 is 0 Å². The highest BCUT2D eigenvalue weighted by atomic mass is 16.5. The lowest BCUT2D eigenvalue weighted by Crippen LogP contribution is -2.58. The number of likely N-dealkylation sites (N-methyl/N-ethyl adjacent to an activating group) is 1. The van der Waals surface area contributed by atoms with E-state index in [0.29, 0.717) is 6.61 Å². The minimum absolute atomic E-state index is 0.126. The molecule has 0 saturated heterocycles. The van der Waals surface area contributed by atoms with E-state index in [1.807, 2.05) is 54.6 Å². The van der Waals surface area contributed by atoms with Gasteiger partial charge in [0.15, 0.2) is 6.04 Å². The number of amides is 2. The molecular formula is C20H25N2O4+. The van der Waals surface area contributed by atoms with Crippen molar-refractivity contribution in [3.05, 3.63) is 65.7 Å². The molecule has 0 unspecified atom stereocenters. The summed E-state index contributed by atoms with van der Waals surface area (Å²) in [6.45, 7) is 2.08. The van der Waals surface area contributed by atoms with Crippen molar-refractivity contribution in [1.29, 1.82) is 0 Å². The van der Waals surface area contributed by atoms with Crippen LogP contribution in [0.4, 0.5) is 0 Å². The fourth-order valence-electron chi connectivity index (χ4n) is 2.43. The fraction of sp³-hybridized carbons (Fsp3) is 0.300. The van der Waals surface area contributed by atoms with Crippen LogP contribution in [0, 0.1) is 0 Å². The second kappa shape index (κ2) is 8.60. The smallest absolute Gasteiger partial charge is 0.318 e. The first-order chi connectivity index (χ1) is 12.3. The third kappa shape index (κ3) is 4.91. The molecule has 0 heterocycles. The van der Waals surface area contributed by atoms with Gasteiger partial charge in [-0.1, -0.05) is 42.5 Å². The number of nitrogens with zero attached hydrogens (tertiary/aromatic N) is 1. The summed E-state index contributed by atoms with van der Waals surface area (Å²) in [5.41, 5.74) is 3.52. The van der Waals surface area contributed by atoms with Gasteiger partial charge in [-0.3, -0.25) is 14.5 Å². The number of rotatable bonds is 7. The highest BCUT2D eigenvalue weighted by Gasteiger charge is 2.37. The van der Waals surface area contributed by atoms with E-state index in [0.717, 1.165) is 16.9 Å². The molecule has 0 bridgehead atoms. The van der Waals surface area contributed by atoms with Gasteiger partial charge in [0, 0.05) is 0 Å². The van der Waals surface area contributed by atoms with Crippen LogP contribution in [0.15, 0.2) is 54.6 Å². The number of benzene rings is 2. The number of hydrogen-bond donors (Lipinski definition) is 2. The Hall–Kier alpha value is -2.70. The number of carbonyl (C=O) groups is 2. The molecule has 2 N–H and O–H groups in total. The van der Waals surface area contributed by atoms with Crippen molar-refractivity contribution in [2.45, 2.75) is 26.0 Å². The Bertz CT molecular complexity index is 742. The van der Waals surface area contributed by atoms with Gasteiger partial charge in [-0.05, 0) is 30.2 Å². The third-order valence-electron chi connectivity index (χ3n) is 4.63. The monoisotopic (exact) mass is 357 g/mol. The van der Waals surface area contributed by atoms with Gasteiger partial charge in [0.2, 0.25) is 0 Å². The molecule has 0 spiro atoms. The largest absolute Gasteiger partial charge is 0.489 e. The summed E-state index contributed by atoms with van der Waals surface area (Å²) in [4.78, 5) is 24.2. The minimum Gasteiger partial charge on any atom is -0.489 e. The number of hydrogen-bond acceptors (Lipinski definition) is 4. The Kier molecular flexibility index (Phi) is 6.49. The summed E-state index contributed by atoms with van der Waals surface area (Å²) in [6, 6.07) is 16.5. The van der Waals surface area contributed by atoms with Crippen molar-refractivity contribution in [1.82, 2.24) is 5.48 Å². The molecule has 2 rings (SSSR count). The van der Waals surface area contributed by atoms with Crippen molar-refractivity contribution in [2.24, 2.45) is 0 Å². The van der Waals surface area contributed by atoms with Crippen LogP contribution in [0.3, 0.4) is 0 Å². The van der Waals surface area contributed by atoms with Crippen molar-refractivity contribution >= 4 is 11.8 Å². The van der Waals surface area contributed by atoms with Crippen LogP contribution in [0.2, 0.25) is 0 Å². The lowest BCUT2D eigenvalue weighted by atomic mass is 10.1. The molecule has 26 heavy (non-hydrogen) atoms. The van der Waals surface area contributed by atoms with Gasteiger partial charge >= 0.3 is 11.8 Å². The Labute approximate surface area is 153 Å². The molecule has 6 heteroatoms. The first-order valence-corrected chi connectivity index (χ1v) is 8.41. The molecule has 6 nitrogen and oxygen atoms in total. The number of quaternary nitrogens is 1. The quantitative estimate of drug-likeness (QED) is 0.453. The standard InChI is InChI=1S/C20H24N2O4/c1-15(20(24)21-25)22(2,3)19(23)13-16-9-11-18(12-10-16)26-14-17-7-5-4-6-8-17/h4-12,15H,13-14H2,1-3H3,(H-,21,24,25)/p+1/t15-/m1/s1. The zero-order valence-electron chi connectivity index (χ0n) is 15.3. The van der Waals surface area contributed by atoms with Crippen LogP contribution in [-0.2, 0) is 22.6 Å². The molecule has 0 fully saturated rings.